The Kier molecular flexibility index (Phi) is 3.98. The molecule has 0 saturated carbocycles. The van der Waals surface area contributed by atoms with Crippen LogP contribution in [0.3, 0.4) is 0 Å². The first-order valence-electron chi connectivity index (χ1n) is 4.73. The molecule has 0 aliphatic rings. The van der Waals surface area contributed by atoms with Gasteiger partial charge in [0.2, 0.25) is 0 Å². The number of rotatable bonds is 3. The van der Waals surface area contributed by atoms with Gasteiger partial charge in [0.15, 0.2) is 0 Å². The van der Waals surface area contributed by atoms with Crippen LogP contribution in [0.5, 0.6) is 0 Å². The summed E-state index contributed by atoms with van der Waals surface area (Å²) < 4.78 is 5.13. The van der Waals surface area contributed by atoms with Gasteiger partial charge in [-0.2, -0.15) is 0 Å². The molecule has 1 aromatic carbocycles. The lowest BCUT2D eigenvalue weighted by molar-refractivity contribution is 0.107. The average molecular weight is 193 g/mol. The zero-order valence-electron chi connectivity index (χ0n) is 8.49. The quantitative estimate of drug-likeness (QED) is 0.800. The maximum Gasteiger partial charge on any atom is 0.407 e. The summed E-state index contributed by atoms with van der Waals surface area (Å²) in [5.74, 6) is 0. The molecule has 1 atom stereocenters. The topological polar surface area (TPSA) is 38.3 Å². The second kappa shape index (κ2) is 5.27. The number of hydrogen-bond donors (Lipinski definition) is 1. The van der Waals surface area contributed by atoms with Crippen LogP contribution in [0.4, 0.5) is 4.79 Å². The van der Waals surface area contributed by atoms with Crippen molar-refractivity contribution in [3.05, 3.63) is 35.9 Å². The molecule has 0 aromatic heterocycles. The van der Waals surface area contributed by atoms with Crippen molar-refractivity contribution in [1.82, 2.24) is 5.32 Å². The van der Waals surface area contributed by atoms with Gasteiger partial charge >= 0.3 is 6.09 Å². The molecule has 0 aliphatic heterocycles. The number of alkyl carbamates (subject to hydrolysis) is 1. The van der Waals surface area contributed by atoms with Crippen molar-refractivity contribution in [3.8, 4) is 0 Å². The summed E-state index contributed by atoms with van der Waals surface area (Å²) in [6.45, 7) is 4.29. The summed E-state index contributed by atoms with van der Waals surface area (Å²) in [6, 6.07) is 9.65. The Morgan fingerprint density at radius 1 is 1.43 bits per heavy atom. The fraction of sp³-hybridized carbons (Fsp3) is 0.364. The number of hydrogen-bond acceptors (Lipinski definition) is 2. The van der Waals surface area contributed by atoms with Crippen LogP contribution in [0.2, 0.25) is 0 Å². The molecule has 0 radical (unpaired) electrons. The van der Waals surface area contributed by atoms with E-state index < -0.39 is 0 Å². The Morgan fingerprint density at radius 2 is 2.07 bits per heavy atom. The maximum atomic E-state index is 11.1. The molecule has 0 fully saturated rings. The van der Waals surface area contributed by atoms with Gasteiger partial charge in [-0.05, 0) is 19.4 Å². The molecule has 14 heavy (non-hydrogen) atoms. The van der Waals surface area contributed by atoms with Crippen molar-refractivity contribution in [2.75, 3.05) is 6.54 Å². The van der Waals surface area contributed by atoms with Gasteiger partial charge in [-0.3, -0.25) is 0 Å². The van der Waals surface area contributed by atoms with Gasteiger partial charge in [-0.15, -0.1) is 0 Å². The first kappa shape index (κ1) is 10.6. The highest BCUT2D eigenvalue weighted by Crippen LogP contribution is 2.15. The number of benzene rings is 1. The Labute approximate surface area is 84.1 Å². The second-order valence-electron chi connectivity index (χ2n) is 2.99. The summed E-state index contributed by atoms with van der Waals surface area (Å²) >= 11 is 0. The summed E-state index contributed by atoms with van der Waals surface area (Å²) in [7, 11) is 0. The predicted octanol–water partition coefficient (Wildman–Crippen LogP) is 2.49. The molecule has 0 spiro atoms. The van der Waals surface area contributed by atoms with Crippen LogP contribution >= 0.6 is 0 Å². The average Bonchev–Trinajstić information content (AvgIpc) is 2.19. The Hall–Kier alpha value is -1.51. The minimum atomic E-state index is -0.371. The smallest absolute Gasteiger partial charge is 0.407 e. The van der Waals surface area contributed by atoms with Gasteiger partial charge < -0.3 is 10.1 Å². The van der Waals surface area contributed by atoms with Crippen molar-refractivity contribution in [3.63, 3.8) is 0 Å². The van der Waals surface area contributed by atoms with Crippen molar-refractivity contribution in [2.45, 2.75) is 20.0 Å². The molecule has 76 valence electrons. The van der Waals surface area contributed by atoms with Crippen molar-refractivity contribution < 1.29 is 9.53 Å². The molecule has 0 saturated heterocycles. The van der Waals surface area contributed by atoms with Crippen LogP contribution in [0.1, 0.15) is 25.5 Å². The van der Waals surface area contributed by atoms with Crippen LogP contribution in [0.25, 0.3) is 0 Å². The molecule has 0 heterocycles. The Balaban J connectivity index is 2.50. The van der Waals surface area contributed by atoms with Gasteiger partial charge in [0, 0.05) is 6.54 Å². The van der Waals surface area contributed by atoms with E-state index in [4.69, 9.17) is 4.74 Å². The van der Waals surface area contributed by atoms with Crippen molar-refractivity contribution in [2.24, 2.45) is 0 Å². The lowest BCUT2D eigenvalue weighted by Gasteiger charge is -2.13. The molecule has 3 heteroatoms. The monoisotopic (exact) mass is 193 g/mol. The van der Waals surface area contributed by atoms with E-state index in [1.165, 1.54) is 0 Å². The molecule has 1 N–H and O–H groups in total. The Morgan fingerprint density at radius 3 is 2.64 bits per heavy atom. The maximum absolute atomic E-state index is 11.1. The lowest BCUT2D eigenvalue weighted by atomic mass is 10.1. The molecular weight excluding hydrogens is 178 g/mol. The predicted molar refractivity (Wildman–Crippen MR) is 55.0 cm³/mol. The first-order chi connectivity index (χ1) is 6.74. The number of carbonyl (C=O) groups excluding carboxylic acids is 1. The van der Waals surface area contributed by atoms with E-state index in [1.807, 2.05) is 44.2 Å². The number of ether oxygens (including phenoxy) is 1. The minimum Gasteiger partial charge on any atom is -0.442 e. The van der Waals surface area contributed by atoms with Gasteiger partial charge in [0.25, 0.3) is 0 Å². The van der Waals surface area contributed by atoms with E-state index in [9.17, 15) is 4.79 Å². The fourth-order valence-corrected chi connectivity index (χ4v) is 1.14. The first-order valence-corrected chi connectivity index (χ1v) is 4.73. The zero-order chi connectivity index (χ0) is 10.4. The third-order valence-corrected chi connectivity index (χ3v) is 1.87. The molecule has 0 aliphatic carbocycles. The largest absolute Gasteiger partial charge is 0.442 e. The summed E-state index contributed by atoms with van der Waals surface area (Å²) in [5, 5.41) is 2.59. The fourth-order valence-electron chi connectivity index (χ4n) is 1.14. The molecule has 3 nitrogen and oxygen atoms in total. The highest BCUT2D eigenvalue weighted by Gasteiger charge is 2.09. The number of carbonyl (C=O) groups is 1. The van der Waals surface area contributed by atoms with Crippen LogP contribution in [-0.2, 0) is 4.74 Å². The van der Waals surface area contributed by atoms with Gasteiger partial charge in [-0.25, -0.2) is 4.79 Å². The van der Waals surface area contributed by atoms with Crippen LogP contribution in [0, 0.1) is 0 Å². The van der Waals surface area contributed by atoms with Gasteiger partial charge in [0.1, 0.15) is 6.10 Å². The third-order valence-electron chi connectivity index (χ3n) is 1.87. The number of nitrogens with one attached hydrogen (secondary N) is 1. The molecular formula is C11H15NO2. The van der Waals surface area contributed by atoms with E-state index >= 15 is 0 Å². The van der Waals surface area contributed by atoms with Crippen molar-refractivity contribution >= 4 is 6.09 Å². The molecule has 1 rings (SSSR count). The second-order valence-corrected chi connectivity index (χ2v) is 2.99. The number of amides is 1. The molecule has 1 aromatic rings. The Bertz CT molecular complexity index is 285. The van der Waals surface area contributed by atoms with Crippen molar-refractivity contribution in [1.29, 1.82) is 0 Å². The van der Waals surface area contributed by atoms with E-state index in [-0.39, 0.29) is 12.2 Å². The molecule has 1 unspecified atom stereocenters. The van der Waals surface area contributed by atoms with Gasteiger partial charge in [0.05, 0.1) is 0 Å². The molecule has 1 amide bonds. The van der Waals surface area contributed by atoms with E-state index in [2.05, 4.69) is 5.32 Å². The minimum absolute atomic E-state index is 0.206. The van der Waals surface area contributed by atoms with Gasteiger partial charge in [-0.1, -0.05) is 30.3 Å². The van der Waals surface area contributed by atoms with Crippen LogP contribution < -0.4 is 5.32 Å². The standard InChI is InChI=1S/C11H15NO2/c1-3-12-11(13)14-9(2)10-7-5-4-6-8-10/h4-9H,3H2,1-2H3,(H,12,13). The SMILES string of the molecule is CCNC(=O)OC(C)c1ccccc1. The summed E-state index contributed by atoms with van der Waals surface area (Å²) in [6.07, 6.45) is -0.577. The summed E-state index contributed by atoms with van der Waals surface area (Å²) in [5.41, 5.74) is 0.999. The zero-order valence-corrected chi connectivity index (χ0v) is 8.49. The van der Waals surface area contributed by atoms with E-state index in [1.54, 1.807) is 0 Å². The van der Waals surface area contributed by atoms with Crippen LogP contribution in [-0.4, -0.2) is 12.6 Å². The van der Waals surface area contributed by atoms with Crippen LogP contribution in [0.15, 0.2) is 30.3 Å². The highest BCUT2D eigenvalue weighted by molar-refractivity contribution is 5.67. The highest BCUT2D eigenvalue weighted by atomic mass is 16.6. The summed E-state index contributed by atoms with van der Waals surface area (Å²) in [4.78, 5) is 11.1. The van der Waals surface area contributed by atoms with E-state index in [0.717, 1.165) is 5.56 Å². The lowest BCUT2D eigenvalue weighted by Crippen LogP contribution is -2.24. The molecule has 0 bridgehead atoms. The normalized spacial score (nSPS) is 11.9. The third kappa shape index (κ3) is 3.09. The van der Waals surface area contributed by atoms with E-state index in [0.29, 0.717) is 6.54 Å².